The minimum atomic E-state index is -4.63. The highest BCUT2D eigenvalue weighted by Crippen LogP contribution is 2.47. The molecule has 1 N–H and O–H groups in total. The van der Waals surface area contributed by atoms with E-state index in [1.54, 1.807) is 6.07 Å². The first kappa shape index (κ1) is 23.0. The average molecular weight is 475 g/mol. The van der Waals surface area contributed by atoms with Crippen LogP contribution < -0.4 is 10.2 Å². The van der Waals surface area contributed by atoms with Crippen LogP contribution in [0.1, 0.15) is 56.1 Å². The first-order chi connectivity index (χ1) is 16.2. The van der Waals surface area contributed by atoms with Gasteiger partial charge in [-0.25, -0.2) is 0 Å². The van der Waals surface area contributed by atoms with Gasteiger partial charge in [0, 0.05) is 49.7 Å². The van der Waals surface area contributed by atoms with Crippen LogP contribution in [-0.4, -0.2) is 48.9 Å². The molecule has 4 aliphatic rings. The highest BCUT2D eigenvalue weighted by Gasteiger charge is 2.52. The number of nitrogens with zero attached hydrogens (tertiary/aromatic N) is 3. The normalized spacial score (nSPS) is 24.2. The fourth-order valence-electron chi connectivity index (χ4n) is 5.52. The lowest BCUT2D eigenvalue weighted by Gasteiger charge is -2.42. The van der Waals surface area contributed by atoms with Gasteiger partial charge in [0.25, 0.3) is 0 Å². The van der Waals surface area contributed by atoms with E-state index >= 15 is 0 Å². The number of nitriles is 1. The van der Waals surface area contributed by atoms with Crippen LogP contribution in [0.3, 0.4) is 0 Å². The van der Waals surface area contributed by atoms with E-state index in [2.05, 4.69) is 5.32 Å². The molecule has 2 aliphatic carbocycles. The molecule has 2 aliphatic heterocycles. The predicted octanol–water partition coefficient (Wildman–Crippen LogP) is 3.70. The summed E-state index contributed by atoms with van der Waals surface area (Å²) in [6, 6.07) is 5.60. The van der Waals surface area contributed by atoms with Gasteiger partial charge < -0.3 is 15.1 Å². The highest BCUT2D eigenvalue weighted by molar-refractivity contribution is 5.82. The Balaban J connectivity index is 1.37. The van der Waals surface area contributed by atoms with Crippen molar-refractivity contribution in [2.45, 2.75) is 57.2 Å². The van der Waals surface area contributed by atoms with Crippen molar-refractivity contribution in [2.75, 3.05) is 31.1 Å². The number of alkyl halides is 3. The van der Waals surface area contributed by atoms with E-state index in [9.17, 15) is 22.8 Å². The maximum Gasteiger partial charge on any atom is 0.417 e. The Kier molecular flexibility index (Phi) is 5.73. The zero-order chi connectivity index (χ0) is 24.1. The standard InChI is InChI=1S/C25H29F3N4O2/c26-25(27,28)20-12-19(6-3-17(20)13-29)32-14-21(23(34)30-18-4-5-18)24(15-32)7-9-31(10-8-24)22(33)11-16-1-2-16/h3,6,12,16,18,21H,1-2,4-5,7-11,14-15H2,(H,30,34). The summed E-state index contributed by atoms with van der Waals surface area (Å²) in [7, 11) is 0. The molecule has 1 spiro atoms. The van der Waals surface area contributed by atoms with E-state index in [0.29, 0.717) is 57.0 Å². The summed E-state index contributed by atoms with van der Waals surface area (Å²) in [5.74, 6) is 0.306. The van der Waals surface area contributed by atoms with Gasteiger partial charge in [-0.3, -0.25) is 9.59 Å². The molecule has 0 aromatic heterocycles. The van der Waals surface area contributed by atoms with Gasteiger partial charge in [-0.1, -0.05) is 0 Å². The molecule has 2 saturated carbocycles. The van der Waals surface area contributed by atoms with Crippen molar-refractivity contribution in [3.8, 4) is 6.07 Å². The van der Waals surface area contributed by atoms with Gasteiger partial charge in [-0.2, -0.15) is 18.4 Å². The van der Waals surface area contributed by atoms with E-state index < -0.39 is 17.3 Å². The van der Waals surface area contributed by atoms with Crippen LogP contribution in [0.25, 0.3) is 0 Å². The second-order valence-corrected chi connectivity index (χ2v) is 10.4. The number of halogens is 3. The Hall–Kier alpha value is -2.76. The average Bonchev–Trinajstić information content (AvgIpc) is 3.74. The van der Waals surface area contributed by atoms with Crippen molar-refractivity contribution in [1.82, 2.24) is 10.2 Å². The lowest BCUT2D eigenvalue weighted by molar-refractivity contribution is -0.138. The molecule has 1 aromatic carbocycles. The molecule has 182 valence electrons. The second-order valence-electron chi connectivity index (χ2n) is 10.4. The summed E-state index contributed by atoms with van der Waals surface area (Å²) in [6.45, 7) is 1.95. The number of benzene rings is 1. The first-order valence-electron chi connectivity index (χ1n) is 12.1. The predicted molar refractivity (Wildman–Crippen MR) is 119 cm³/mol. The maximum atomic E-state index is 13.5. The number of nitrogens with one attached hydrogen (secondary N) is 1. The molecule has 0 bridgehead atoms. The van der Waals surface area contributed by atoms with Crippen molar-refractivity contribution >= 4 is 17.5 Å². The number of rotatable bonds is 5. The molecule has 9 heteroatoms. The van der Waals surface area contributed by atoms with Crippen LogP contribution in [0, 0.1) is 28.6 Å². The quantitative estimate of drug-likeness (QED) is 0.706. The Morgan fingerprint density at radius 3 is 2.44 bits per heavy atom. The summed E-state index contributed by atoms with van der Waals surface area (Å²) < 4.78 is 40.6. The number of anilines is 1. The lowest BCUT2D eigenvalue weighted by atomic mass is 9.70. The van der Waals surface area contributed by atoms with Crippen LogP contribution in [0.2, 0.25) is 0 Å². The molecule has 34 heavy (non-hydrogen) atoms. The van der Waals surface area contributed by atoms with Gasteiger partial charge in [-0.15, -0.1) is 0 Å². The molecule has 2 amide bonds. The van der Waals surface area contributed by atoms with Crippen molar-refractivity contribution in [3.63, 3.8) is 0 Å². The van der Waals surface area contributed by atoms with Gasteiger partial charge in [-0.05, 0) is 62.6 Å². The minimum Gasteiger partial charge on any atom is -0.370 e. The monoisotopic (exact) mass is 474 g/mol. The lowest BCUT2D eigenvalue weighted by Crippen LogP contribution is -2.50. The number of hydrogen-bond donors (Lipinski definition) is 1. The van der Waals surface area contributed by atoms with Gasteiger partial charge in [0.15, 0.2) is 0 Å². The number of carbonyl (C=O) groups is 2. The molecule has 1 aromatic rings. The number of likely N-dealkylation sites (tertiary alicyclic amines) is 1. The van der Waals surface area contributed by atoms with Gasteiger partial charge in [0.05, 0.1) is 23.1 Å². The summed E-state index contributed by atoms with van der Waals surface area (Å²) in [6.07, 6.45) is 1.44. The van der Waals surface area contributed by atoms with Crippen LogP contribution in [-0.2, 0) is 15.8 Å². The summed E-state index contributed by atoms with van der Waals surface area (Å²) in [5, 5.41) is 12.2. The molecule has 0 radical (unpaired) electrons. The largest absolute Gasteiger partial charge is 0.417 e. The number of piperidine rings is 1. The molecule has 2 heterocycles. The van der Waals surface area contributed by atoms with Crippen molar-refractivity contribution in [1.29, 1.82) is 5.26 Å². The van der Waals surface area contributed by atoms with E-state index in [4.69, 9.17) is 5.26 Å². The van der Waals surface area contributed by atoms with Crippen LogP contribution in [0.5, 0.6) is 0 Å². The number of amides is 2. The fraction of sp³-hybridized carbons (Fsp3) is 0.640. The Morgan fingerprint density at radius 2 is 1.85 bits per heavy atom. The third kappa shape index (κ3) is 4.59. The summed E-state index contributed by atoms with van der Waals surface area (Å²) in [4.78, 5) is 29.6. The van der Waals surface area contributed by atoms with Gasteiger partial charge in [0.1, 0.15) is 0 Å². The van der Waals surface area contributed by atoms with Crippen LogP contribution in [0.4, 0.5) is 18.9 Å². The number of carbonyl (C=O) groups excluding carboxylic acids is 2. The molecule has 1 unspecified atom stereocenters. The zero-order valence-electron chi connectivity index (χ0n) is 19.0. The van der Waals surface area contributed by atoms with Crippen LogP contribution >= 0.6 is 0 Å². The van der Waals surface area contributed by atoms with E-state index in [1.165, 1.54) is 12.1 Å². The summed E-state index contributed by atoms with van der Waals surface area (Å²) in [5.41, 5.74) is -1.37. The number of hydrogen-bond acceptors (Lipinski definition) is 4. The van der Waals surface area contributed by atoms with Crippen molar-refractivity contribution < 1.29 is 22.8 Å². The van der Waals surface area contributed by atoms with Crippen molar-refractivity contribution in [3.05, 3.63) is 29.3 Å². The molecule has 1 atom stereocenters. The Morgan fingerprint density at radius 1 is 1.15 bits per heavy atom. The molecule has 2 saturated heterocycles. The van der Waals surface area contributed by atoms with E-state index in [1.807, 2.05) is 9.80 Å². The summed E-state index contributed by atoms with van der Waals surface area (Å²) >= 11 is 0. The third-order valence-corrected chi connectivity index (χ3v) is 7.95. The zero-order valence-corrected chi connectivity index (χ0v) is 19.0. The Bertz CT molecular complexity index is 1020. The second kappa shape index (κ2) is 8.47. The SMILES string of the molecule is N#Cc1ccc(N2CC(C(=O)NC3CC3)C3(CCN(C(=O)CC4CC4)CC3)C2)cc1C(F)(F)F. The molecular formula is C25H29F3N4O2. The maximum absolute atomic E-state index is 13.5. The third-order valence-electron chi connectivity index (χ3n) is 7.95. The Labute approximate surface area is 197 Å². The van der Waals surface area contributed by atoms with Crippen LogP contribution in [0.15, 0.2) is 18.2 Å². The van der Waals surface area contributed by atoms with Gasteiger partial charge >= 0.3 is 6.18 Å². The smallest absolute Gasteiger partial charge is 0.370 e. The van der Waals surface area contributed by atoms with Gasteiger partial charge in [0.2, 0.25) is 11.8 Å². The molecule has 4 fully saturated rings. The molecule has 5 rings (SSSR count). The molecular weight excluding hydrogens is 445 g/mol. The van der Waals surface area contributed by atoms with E-state index in [-0.39, 0.29) is 29.2 Å². The highest BCUT2D eigenvalue weighted by atomic mass is 19.4. The minimum absolute atomic E-state index is 0.0348. The topological polar surface area (TPSA) is 76.4 Å². The van der Waals surface area contributed by atoms with E-state index in [0.717, 1.165) is 31.7 Å². The fourth-order valence-corrected chi connectivity index (χ4v) is 5.52. The van der Waals surface area contributed by atoms with Crippen molar-refractivity contribution in [2.24, 2.45) is 17.3 Å². The molecule has 6 nitrogen and oxygen atoms in total. The first-order valence-corrected chi connectivity index (χ1v) is 12.1.